The molecule has 0 amide bonds. The molecule has 0 aromatic heterocycles. The van der Waals surface area contributed by atoms with Gasteiger partial charge < -0.3 is 39.0 Å². The fraction of sp³-hybridized carbons (Fsp3) is 0.731. The molecule has 1 fully saturated rings. The lowest BCUT2D eigenvalue weighted by Gasteiger charge is -2.40. The van der Waals surface area contributed by atoms with Crippen molar-refractivity contribution in [3.8, 4) is 0 Å². The highest BCUT2D eigenvalue weighted by Gasteiger charge is 2.50. The molecule has 1 rings (SSSR count). The zero-order valence-corrected chi connectivity index (χ0v) is 49.8. The maximum absolute atomic E-state index is 13.2. The van der Waals surface area contributed by atoms with Crippen LogP contribution >= 0.6 is 0 Å². The van der Waals surface area contributed by atoms with E-state index in [9.17, 15) is 34.5 Å². The van der Waals surface area contributed by atoms with Gasteiger partial charge in [-0.05, 0) is 109 Å². The molecule has 0 spiro atoms. The number of aliphatic hydroxyl groups excluding tert-OH is 2. The molecule has 0 aliphatic carbocycles. The molecule has 6 atom stereocenters. The van der Waals surface area contributed by atoms with Crippen LogP contribution in [0.3, 0.4) is 0 Å². The molecule has 0 aromatic carbocycles. The Morgan fingerprint density at radius 3 is 1.27 bits per heavy atom. The van der Waals surface area contributed by atoms with Crippen LogP contribution in [-0.4, -0.2) is 89.2 Å². The Balaban J connectivity index is 2.71. The molecule has 6 unspecified atom stereocenters. The second kappa shape index (κ2) is 54.5. The molecule has 1 heterocycles. The summed E-state index contributed by atoms with van der Waals surface area (Å²) in [6.07, 6.45) is 58.3. The summed E-state index contributed by atoms with van der Waals surface area (Å²) in [6.45, 7) is 5.83. The largest absolute Gasteiger partial charge is 0.479 e. The Morgan fingerprint density at radius 2 is 0.810 bits per heavy atom. The van der Waals surface area contributed by atoms with Crippen molar-refractivity contribution < 1.29 is 58.2 Å². The number of aliphatic hydroxyl groups is 2. The first-order chi connectivity index (χ1) is 38.6. The summed E-state index contributed by atoms with van der Waals surface area (Å²) in [5.74, 6) is -3.21. The third-order valence-electron chi connectivity index (χ3n) is 13.9. The SMILES string of the molecule is CC/C=C\C/C=C\C/C=C\C/C=C\C/C=C\CCCC(=O)OCC(COC1OC(C(=O)O)C(O)C(O)C1OC(=O)CCCCCCCCC/C=C\CCCCCCCC)OC(=O)CCCCCCC/C=C\CCCCCCCC. The zero-order chi connectivity index (χ0) is 57.5. The molecular weight excluding hydrogens is 997 g/mol. The van der Waals surface area contributed by atoms with Gasteiger partial charge in [-0.3, -0.25) is 14.4 Å². The number of hydrogen-bond donors (Lipinski definition) is 3. The molecular formula is C67H112O12. The molecule has 12 heteroatoms. The van der Waals surface area contributed by atoms with Crippen LogP contribution in [0.15, 0.2) is 85.1 Å². The van der Waals surface area contributed by atoms with Crippen LogP contribution in [0.25, 0.3) is 0 Å². The fourth-order valence-electron chi connectivity index (χ4n) is 9.10. The van der Waals surface area contributed by atoms with Crippen LogP contribution in [0.4, 0.5) is 0 Å². The predicted octanol–water partition coefficient (Wildman–Crippen LogP) is 16.7. The van der Waals surface area contributed by atoms with E-state index in [0.717, 1.165) is 109 Å². The number of unbranched alkanes of at least 4 members (excludes halogenated alkanes) is 25. The molecule has 3 N–H and O–H groups in total. The standard InChI is InChI=1S/C67H112O12/c1-4-7-10-13-16-19-22-25-28-30-33-35-38-41-44-47-50-53-59(68)75-56-58(77-60(69)54-51-48-45-42-39-36-32-27-24-21-18-15-12-9-6-3)57-76-67-65(63(72)62(71)64(79-67)66(73)74)78-61(70)55-52-49-46-43-40-37-34-31-29-26-23-20-17-14-11-8-5-2/h7,10,16,19,25-29,32-33,35,41,44,58,62-65,67,71-72H,4-6,8-9,11-15,17-18,20-24,30-31,34,36-40,42-43,45-57H2,1-3H3,(H,73,74)/b10-7-,19-16-,28-25-,29-26-,32-27-,35-33-,44-41-. The van der Waals surface area contributed by atoms with E-state index in [-0.39, 0.29) is 25.9 Å². The molecule has 0 aromatic rings. The van der Waals surface area contributed by atoms with Gasteiger partial charge in [0.05, 0.1) is 6.61 Å². The lowest BCUT2D eigenvalue weighted by molar-refractivity contribution is -0.301. The summed E-state index contributed by atoms with van der Waals surface area (Å²) in [5.41, 5.74) is 0. The van der Waals surface area contributed by atoms with Crippen molar-refractivity contribution in [1.82, 2.24) is 0 Å². The Kier molecular flexibility index (Phi) is 50.3. The number of carboxylic acids is 1. The molecule has 452 valence electrons. The van der Waals surface area contributed by atoms with Crippen molar-refractivity contribution in [1.29, 1.82) is 0 Å². The summed E-state index contributed by atoms with van der Waals surface area (Å²) in [7, 11) is 0. The third kappa shape index (κ3) is 44.3. The van der Waals surface area contributed by atoms with Crippen molar-refractivity contribution in [2.75, 3.05) is 13.2 Å². The summed E-state index contributed by atoms with van der Waals surface area (Å²) in [4.78, 5) is 51.2. The van der Waals surface area contributed by atoms with Gasteiger partial charge in [0.2, 0.25) is 0 Å². The van der Waals surface area contributed by atoms with Crippen LogP contribution in [0, 0.1) is 0 Å². The van der Waals surface area contributed by atoms with E-state index in [1.54, 1.807) is 0 Å². The Hall–Kier alpha value is -4.10. The molecule has 1 aliphatic rings. The third-order valence-corrected chi connectivity index (χ3v) is 13.9. The van der Waals surface area contributed by atoms with Crippen molar-refractivity contribution >= 4 is 23.9 Å². The predicted molar refractivity (Wildman–Crippen MR) is 321 cm³/mol. The van der Waals surface area contributed by atoms with Gasteiger partial charge >= 0.3 is 23.9 Å². The Morgan fingerprint density at radius 1 is 0.430 bits per heavy atom. The van der Waals surface area contributed by atoms with Crippen molar-refractivity contribution in [2.24, 2.45) is 0 Å². The van der Waals surface area contributed by atoms with Crippen LogP contribution in [-0.2, 0) is 42.9 Å². The quantitative estimate of drug-likeness (QED) is 0.0228. The maximum atomic E-state index is 13.2. The van der Waals surface area contributed by atoms with Gasteiger partial charge in [-0.1, -0.05) is 221 Å². The number of allylic oxidation sites excluding steroid dienone is 14. The van der Waals surface area contributed by atoms with E-state index in [1.165, 1.54) is 89.9 Å². The minimum absolute atomic E-state index is 0.0470. The van der Waals surface area contributed by atoms with Crippen LogP contribution in [0.5, 0.6) is 0 Å². The summed E-state index contributed by atoms with van der Waals surface area (Å²) >= 11 is 0. The van der Waals surface area contributed by atoms with Gasteiger partial charge in [-0.15, -0.1) is 0 Å². The number of aliphatic carboxylic acids is 1. The molecule has 0 radical (unpaired) electrons. The molecule has 79 heavy (non-hydrogen) atoms. The van der Waals surface area contributed by atoms with Gasteiger partial charge in [-0.25, -0.2) is 4.79 Å². The molecule has 0 saturated carbocycles. The average molecular weight is 1110 g/mol. The summed E-state index contributed by atoms with van der Waals surface area (Å²) in [5, 5.41) is 31.6. The number of carboxylic acid groups (broad SMARTS) is 1. The van der Waals surface area contributed by atoms with Gasteiger partial charge in [-0.2, -0.15) is 0 Å². The smallest absolute Gasteiger partial charge is 0.335 e. The first kappa shape index (κ1) is 72.9. The Bertz CT molecular complexity index is 1700. The van der Waals surface area contributed by atoms with Crippen LogP contribution in [0.1, 0.15) is 265 Å². The highest BCUT2D eigenvalue weighted by Crippen LogP contribution is 2.26. The topological polar surface area (TPSA) is 175 Å². The Labute approximate surface area is 480 Å². The summed E-state index contributed by atoms with van der Waals surface area (Å²) in [6, 6.07) is 0. The number of esters is 3. The number of ether oxygens (including phenoxy) is 5. The number of carbonyl (C=O) groups is 4. The van der Waals surface area contributed by atoms with E-state index >= 15 is 0 Å². The molecule has 0 bridgehead atoms. The first-order valence-corrected chi connectivity index (χ1v) is 31.6. The lowest BCUT2D eigenvalue weighted by atomic mass is 9.98. The normalized spacial score (nSPS) is 18.4. The van der Waals surface area contributed by atoms with Crippen molar-refractivity contribution in [3.63, 3.8) is 0 Å². The number of carbonyl (C=O) groups excluding carboxylic acids is 3. The maximum Gasteiger partial charge on any atom is 0.335 e. The van der Waals surface area contributed by atoms with E-state index in [2.05, 4.69) is 99.8 Å². The molecule has 1 saturated heterocycles. The van der Waals surface area contributed by atoms with Gasteiger partial charge in [0.15, 0.2) is 24.6 Å². The summed E-state index contributed by atoms with van der Waals surface area (Å²) < 4.78 is 28.4. The van der Waals surface area contributed by atoms with Crippen molar-refractivity contribution in [2.45, 2.75) is 302 Å². The molecule has 1 aliphatic heterocycles. The van der Waals surface area contributed by atoms with E-state index in [4.69, 9.17) is 23.7 Å². The fourth-order valence-corrected chi connectivity index (χ4v) is 9.10. The molecule has 12 nitrogen and oxygen atoms in total. The van der Waals surface area contributed by atoms with Crippen LogP contribution < -0.4 is 0 Å². The van der Waals surface area contributed by atoms with Gasteiger partial charge in [0.25, 0.3) is 0 Å². The van der Waals surface area contributed by atoms with Gasteiger partial charge in [0, 0.05) is 19.3 Å². The zero-order valence-electron chi connectivity index (χ0n) is 49.8. The monoisotopic (exact) mass is 1110 g/mol. The number of rotatable bonds is 53. The number of hydrogen-bond acceptors (Lipinski definition) is 11. The highest BCUT2D eigenvalue weighted by atomic mass is 16.7. The van der Waals surface area contributed by atoms with Crippen LogP contribution in [0.2, 0.25) is 0 Å². The highest BCUT2D eigenvalue weighted by molar-refractivity contribution is 5.74. The van der Waals surface area contributed by atoms with Gasteiger partial charge in [0.1, 0.15) is 18.8 Å². The minimum Gasteiger partial charge on any atom is -0.479 e. The lowest BCUT2D eigenvalue weighted by Crippen LogP contribution is -2.61. The van der Waals surface area contributed by atoms with E-state index < -0.39 is 67.3 Å². The first-order valence-electron chi connectivity index (χ1n) is 31.6. The second-order valence-corrected chi connectivity index (χ2v) is 21.3. The van der Waals surface area contributed by atoms with E-state index in [1.807, 2.05) is 6.08 Å². The minimum atomic E-state index is -1.92. The second-order valence-electron chi connectivity index (χ2n) is 21.3. The van der Waals surface area contributed by atoms with E-state index in [0.29, 0.717) is 25.7 Å². The van der Waals surface area contributed by atoms with Crippen molar-refractivity contribution in [3.05, 3.63) is 85.1 Å². The average Bonchev–Trinajstić information content (AvgIpc) is 3.47.